The number of hydrogen-bond donors (Lipinski definition) is 2. The molecule has 0 saturated heterocycles. The maximum absolute atomic E-state index is 10.1. The fraction of sp³-hybridized carbons (Fsp3) is 0. The van der Waals surface area contributed by atoms with Crippen molar-refractivity contribution in [3.63, 3.8) is 0 Å². The predicted octanol–water partition coefficient (Wildman–Crippen LogP) is 3.03. The van der Waals surface area contributed by atoms with Gasteiger partial charge in [0, 0.05) is 0 Å². The summed E-state index contributed by atoms with van der Waals surface area (Å²) in [5.74, 6) is 0. The van der Waals surface area contributed by atoms with E-state index in [2.05, 4.69) is 9.81 Å². The molecule has 0 aliphatic rings. The van der Waals surface area contributed by atoms with Crippen LogP contribution in [0.2, 0.25) is 0 Å². The van der Waals surface area contributed by atoms with Crippen molar-refractivity contribution in [3.05, 3.63) is 0 Å². The molecule has 0 rings (SSSR count). The van der Waals surface area contributed by atoms with Gasteiger partial charge in [0.15, 0.2) is 0 Å². The third-order valence-corrected chi connectivity index (χ3v) is 2.72. The summed E-state index contributed by atoms with van der Waals surface area (Å²) in [4.78, 5) is 8.17. The lowest BCUT2D eigenvalue weighted by Crippen LogP contribution is -1.85. The monoisotopic (exact) mass is 305 g/mol. The Balaban J connectivity index is -0.0000000817. The van der Waals surface area contributed by atoms with Crippen molar-refractivity contribution < 1.29 is 13.8 Å². The normalized spacial score (nSPS) is 11.6. The molecule has 4 nitrogen and oxygen atoms in total. The van der Waals surface area contributed by atoms with E-state index >= 15 is 0 Å². The van der Waals surface area contributed by atoms with Gasteiger partial charge in [-0.15, -0.1) is 37.2 Å². The molecule has 0 radical (unpaired) electrons. The van der Waals surface area contributed by atoms with Crippen molar-refractivity contribution in [1.29, 1.82) is 0 Å². The zero-order valence-electron chi connectivity index (χ0n) is 4.72. The summed E-state index contributed by atoms with van der Waals surface area (Å²) in [7, 11) is -2.22. The zero-order valence-corrected chi connectivity index (χ0v) is 10.5. The summed E-state index contributed by atoms with van der Waals surface area (Å²) in [5.41, 5.74) is 4.64. The van der Waals surface area contributed by atoms with Gasteiger partial charge >= 0.3 is 6.07 Å². The third-order valence-electron chi connectivity index (χ3n) is 0.179. The molecule has 0 fully saturated rings. The first kappa shape index (κ1) is 23.1. The first-order valence-electron chi connectivity index (χ1n) is 1.34. The first-order valence-corrected chi connectivity index (χ1v) is 6.06. The Morgan fingerprint density at radius 1 is 1.36 bits per heavy atom. The Bertz CT molecular complexity index is 112. The molecule has 0 spiro atoms. The summed E-state index contributed by atoms with van der Waals surface area (Å²) in [6.07, 6.45) is -3.62. The standard InChI is InChI=1S/Cl2H3NO3P2.3ClH/c1-8(2,5)6-7(3)4;;;/h4H,3H2;3*1H. The van der Waals surface area contributed by atoms with Gasteiger partial charge in [0.05, 0.1) is 0 Å². The van der Waals surface area contributed by atoms with E-state index in [0.29, 0.717) is 0 Å². The maximum atomic E-state index is 10.1. The Kier molecular flexibility index (Phi) is 21.2. The molecule has 0 aliphatic carbocycles. The molecule has 0 saturated carbocycles. The zero-order chi connectivity index (χ0) is 6.78. The van der Waals surface area contributed by atoms with Crippen molar-refractivity contribution >= 4 is 74.3 Å². The molecule has 1 atom stereocenters. The lowest BCUT2D eigenvalue weighted by atomic mass is 13.9. The molecule has 0 bridgehead atoms. The van der Waals surface area contributed by atoms with Crippen LogP contribution in [0, 0.1) is 0 Å². The van der Waals surface area contributed by atoms with E-state index in [1.54, 1.807) is 0 Å². The summed E-state index contributed by atoms with van der Waals surface area (Å²) in [5, 5.41) is 0. The SMILES string of the molecule is Cl.Cl.Cl.NP(O)OP(=O)(Cl)Cl. The number of halogens is 5. The van der Waals surface area contributed by atoms with E-state index in [0.717, 1.165) is 0 Å². The molecular formula is H6Cl5NO3P2. The summed E-state index contributed by atoms with van der Waals surface area (Å²) < 4.78 is 14.0. The fourth-order valence-corrected chi connectivity index (χ4v) is 2.01. The van der Waals surface area contributed by atoms with E-state index in [-0.39, 0.29) is 37.2 Å². The Morgan fingerprint density at radius 3 is 1.64 bits per heavy atom. The number of hydrogen-bond acceptors (Lipinski definition) is 4. The highest BCUT2D eigenvalue weighted by Gasteiger charge is 2.18. The minimum atomic E-state index is -3.62. The van der Waals surface area contributed by atoms with Crippen molar-refractivity contribution in [2.75, 3.05) is 0 Å². The van der Waals surface area contributed by atoms with Gasteiger partial charge in [-0.3, -0.25) is 10.1 Å². The van der Waals surface area contributed by atoms with E-state index in [1.165, 1.54) is 0 Å². The highest BCUT2D eigenvalue weighted by Crippen LogP contribution is 2.63. The average molecular weight is 307 g/mol. The molecule has 0 amide bonds. The molecular weight excluding hydrogens is 301 g/mol. The van der Waals surface area contributed by atoms with E-state index in [1.807, 2.05) is 0 Å². The maximum Gasteiger partial charge on any atom is 0.386 e. The molecule has 0 aromatic heterocycles. The van der Waals surface area contributed by atoms with Gasteiger partial charge in [-0.05, 0) is 22.5 Å². The van der Waals surface area contributed by atoms with Crippen molar-refractivity contribution in [1.82, 2.24) is 0 Å². The van der Waals surface area contributed by atoms with Crippen LogP contribution in [0.3, 0.4) is 0 Å². The minimum absolute atomic E-state index is 0. The second kappa shape index (κ2) is 10.1. The predicted molar refractivity (Wildman–Crippen MR) is 55.5 cm³/mol. The van der Waals surface area contributed by atoms with Crippen LogP contribution in [0.1, 0.15) is 0 Å². The second-order valence-corrected chi connectivity index (χ2v) is 6.08. The van der Waals surface area contributed by atoms with Crippen molar-refractivity contribution in [2.45, 2.75) is 0 Å². The van der Waals surface area contributed by atoms with Crippen LogP contribution < -0.4 is 5.50 Å². The van der Waals surface area contributed by atoms with E-state index in [4.69, 9.17) is 27.4 Å². The average Bonchev–Trinajstić information content (AvgIpc) is 1.21. The second-order valence-electron chi connectivity index (χ2n) is 0.799. The first-order chi connectivity index (χ1) is 3.42. The lowest BCUT2D eigenvalue weighted by molar-refractivity contribution is 0.480. The summed E-state index contributed by atoms with van der Waals surface area (Å²) in [6, 6.07) is 0. The smallest absolute Gasteiger partial charge is 0.338 e. The van der Waals surface area contributed by atoms with Crippen LogP contribution >= 0.6 is 74.3 Å². The minimum Gasteiger partial charge on any atom is -0.338 e. The van der Waals surface area contributed by atoms with Crippen LogP contribution in [-0.4, -0.2) is 4.89 Å². The van der Waals surface area contributed by atoms with Crippen LogP contribution in [0.4, 0.5) is 0 Å². The molecule has 3 N–H and O–H groups in total. The molecule has 11 heavy (non-hydrogen) atoms. The molecule has 11 heteroatoms. The molecule has 0 heterocycles. The fourth-order valence-electron chi connectivity index (χ4n) is 0.0974. The van der Waals surface area contributed by atoms with E-state index in [9.17, 15) is 4.57 Å². The Hall–Kier alpha value is 1.99. The van der Waals surface area contributed by atoms with Gasteiger partial charge in [0.2, 0.25) is 0 Å². The summed E-state index contributed by atoms with van der Waals surface area (Å²) in [6.45, 7) is 0. The molecule has 0 aromatic rings. The molecule has 1 unspecified atom stereocenters. The largest absolute Gasteiger partial charge is 0.386 e. The van der Waals surface area contributed by atoms with Crippen molar-refractivity contribution in [2.24, 2.45) is 5.50 Å². The Labute approximate surface area is 93.4 Å². The van der Waals surface area contributed by atoms with E-state index < -0.39 is 14.6 Å². The third kappa shape index (κ3) is 24.5. The Morgan fingerprint density at radius 2 is 1.64 bits per heavy atom. The van der Waals surface area contributed by atoms with Crippen LogP contribution in [0.15, 0.2) is 0 Å². The lowest BCUT2D eigenvalue weighted by Gasteiger charge is -2.02. The van der Waals surface area contributed by atoms with Gasteiger partial charge in [-0.25, -0.2) is 4.31 Å². The van der Waals surface area contributed by atoms with Crippen LogP contribution in [-0.2, 0) is 8.88 Å². The van der Waals surface area contributed by atoms with Gasteiger partial charge in [-0.2, -0.15) is 0 Å². The van der Waals surface area contributed by atoms with Crippen LogP contribution in [0.25, 0.3) is 0 Å². The van der Waals surface area contributed by atoms with Gasteiger partial charge in [0.25, 0.3) is 8.53 Å². The van der Waals surface area contributed by atoms with Crippen LogP contribution in [0.5, 0.6) is 0 Å². The molecule has 74 valence electrons. The molecule has 0 aromatic carbocycles. The van der Waals surface area contributed by atoms with Crippen molar-refractivity contribution in [3.8, 4) is 0 Å². The summed E-state index contributed by atoms with van der Waals surface area (Å²) >= 11 is 9.61. The molecule has 0 aliphatic heterocycles. The quantitative estimate of drug-likeness (QED) is 0.769. The topological polar surface area (TPSA) is 72.6 Å². The van der Waals surface area contributed by atoms with Gasteiger partial charge < -0.3 is 4.89 Å². The highest BCUT2D eigenvalue weighted by molar-refractivity contribution is 8.07. The van der Waals surface area contributed by atoms with Gasteiger partial charge in [0.1, 0.15) is 0 Å². The highest BCUT2D eigenvalue weighted by atomic mass is 35.9. The number of rotatable bonds is 2. The van der Waals surface area contributed by atoms with Gasteiger partial charge in [-0.1, -0.05) is 0 Å². The number of nitrogens with two attached hydrogens (primary N) is 1.